The Morgan fingerprint density at radius 2 is 2.18 bits per heavy atom. The van der Waals surface area contributed by atoms with E-state index in [1.165, 1.54) is 12.4 Å². The van der Waals surface area contributed by atoms with E-state index in [0.717, 1.165) is 5.69 Å². The molecule has 0 radical (unpaired) electrons. The summed E-state index contributed by atoms with van der Waals surface area (Å²) in [5, 5.41) is 0.556. The summed E-state index contributed by atoms with van der Waals surface area (Å²) in [6.45, 7) is 4.60. The van der Waals surface area contributed by atoms with Crippen molar-refractivity contribution in [2.24, 2.45) is 0 Å². The van der Waals surface area contributed by atoms with Gasteiger partial charge >= 0.3 is 0 Å². The van der Waals surface area contributed by atoms with E-state index in [-0.39, 0.29) is 5.43 Å². The van der Waals surface area contributed by atoms with Gasteiger partial charge < -0.3 is 4.52 Å². The van der Waals surface area contributed by atoms with E-state index in [4.69, 9.17) is 4.52 Å². The molecule has 0 N–H and O–H groups in total. The van der Waals surface area contributed by atoms with Crippen molar-refractivity contribution < 1.29 is 4.52 Å². The fraction of sp³-hybridized carbons (Fsp3) is 0.250. The van der Waals surface area contributed by atoms with Gasteiger partial charge in [-0.2, -0.15) is 0 Å². The molecule has 0 aromatic rings. The maximum Gasteiger partial charge on any atom is 0.194 e. The smallest absolute Gasteiger partial charge is 0.194 e. The van der Waals surface area contributed by atoms with Crippen LogP contribution in [0.3, 0.4) is 0 Å². The Labute approximate surface area is 96.7 Å². The molecular weight excluding hydrogens is 218 g/mol. The Hall–Kier alpha value is -2.17. The van der Waals surface area contributed by atoms with E-state index in [0.29, 0.717) is 28.6 Å². The highest BCUT2D eigenvalue weighted by Gasteiger charge is 2.14. The highest BCUT2D eigenvalue weighted by molar-refractivity contribution is 5.55. The SMILES string of the molecule is CCn1oc2c3ncnc-3cc(=O)c=2cc1C. The predicted molar refractivity (Wildman–Crippen MR) is 60.9 cm³/mol. The van der Waals surface area contributed by atoms with Gasteiger partial charge in [-0.15, -0.1) is 0 Å². The van der Waals surface area contributed by atoms with Gasteiger partial charge in [0.1, 0.15) is 12.0 Å². The number of hydrogen-bond donors (Lipinski definition) is 0. The van der Waals surface area contributed by atoms with Gasteiger partial charge in [0.2, 0.25) is 0 Å². The molecular formula is C12H11N3O2. The summed E-state index contributed by atoms with van der Waals surface area (Å²) >= 11 is 0. The van der Waals surface area contributed by atoms with Gasteiger partial charge in [-0.3, -0.25) is 4.79 Å². The Morgan fingerprint density at radius 3 is 2.94 bits per heavy atom. The molecule has 3 aliphatic rings. The predicted octanol–water partition coefficient (Wildman–Crippen LogP) is 1.39. The van der Waals surface area contributed by atoms with Crippen LogP contribution >= 0.6 is 0 Å². The Morgan fingerprint density at radius 1 is 1.35 bits per heavy atom. The first-order valence-corrected chi connectivity index (χ1v) is 5.46. The topological polar surface area (TPSA) is 60.9 Å². The largest absolute Gasteiger partial charge is 0.377 e. The molecule has 5 nitrogen and oxygen atoms in total. The van der Waals surface area contributed by atoms with Crippen LogP contribution in [0.2, 0.25) is 0 Å². The first kappa shape index (κ1) is 10.0. The molecule has 0 bridgehead atoms. The van der Waals surface area contributed by atoms with Crippen LogP contribution in [0.1, 0.15) is 12.6 Å². The molecule has 2 aliphatic heterocycles. The lowest BCUT2D eigenvalue weighted by atomic mass is 10.2. The molecule has 5 heteroatoms. The van der Waals surface area contributed by atoms with Gasteiger partial charge in [-0.05, 0) is 19.9 Å². The second-order valence-corrected chi connectivity index (χ2v) is 3.93. The lowest BCUT2D eigenvalue weighted by Crippen LogP contribution is -2.09. The lowest BCUT2D eigenvalue weighted by molar-refractivity contribution is 0.237. The molecule has 0 atom stereocenters. The molecule has 0 spiro atoms. The van der Waals surface area contributed by atoms with E-state index in [1.807, 2.05) is 19.9 Å². The summed E-state index contributed by atoms with van der Waals surface area (Å²) in [6, 6.07) is 3.33. The molecule has 17 heavy (non-hydrogen) atoms. The van der Waals surface area contributed by atoms with Gasteiger partial charge in [-0.25, -0.2) is 14.7 Å². The molecule has 0 fully saturated rings. The number of rotatable bonds is 1. The summed E-state index contributed by atoms with van der Waals surface area (Å²) in [6.07, 6.45) is 1.44. The lowest BCUT2D eigenvalue weighted by Gasteiger charge is -2.07. The van der Waals surface area contributed by atoms with Gasteiger partial charge in [0, 0.05) is 11.8 Å². The number of imidazole rings is 1. The van der Waals surface area contributed by atoms with Gasteiger partial charge in [0.25, 0.3) is 0 Å². The Bertz CT molecular complexity index is 772. The minimum atomic E-state index is -0.0805. The van der Waals surface area contributed by atoms with Crippen molar-refractivity contribution in [3.8, 4) is 11.4 Å². The zero-order chi connectivity index (χ0) is 12.0. The van der Waals surface area contributed by atoms with E-state index in [9.17, 15) is 4.79 Å². The van der Waals surface area contributed by atoms with Crippen LogP contribution < -0.4 is 5.43 Å². The third-order valence-electron chi connectivity index (χ3n) is 2.85. The van der Waals surface area contributed by atoms with Crippen LogP contribution in [-0.2, 0) is 6.54 Å². The fourth-order valence-electron chi connectivity index (χ4n) is 2.00. The maximum absolute atomic E-state index is 11.9. The van der Waals surface area contributed by atoms with Crippen molar-refractivity contribution in [3.05, 3.63) is 45.0 Å². The van der Waals surface area contributed by atoms with Crippen molar-refractivity contribution in [1.82, 2.24) is 14.7 Å². The molecule has 0 aromatic carbocycles. The summed E-state index contributed by atoms with van der Waals surface area (Å²) in [5.74, 6) is 0. The van der Waals surface area contributed by atoms with Gasteiger partial charge in [-0.1, -0.05) is 0 Å². The number of nitrogens with zero attached hydrogens (tertiary/aromatic N) is 3. The summed E-state index contributed by atoms with van der Waals surface area (Å²) in [4.78, 5) is 20.1. The number of fused-ring (bicyclic) bond motifs is 2. The minimum Gasteiger partial charge on any atom is -0.377 e. The first-order chi connectivity index (χ1) is 8.20. The molecule has 2 heterocycles. The van der Waals surface area contributed by atoms with Crippen molar-refractivity contribution in [1.29, 1.82) is 0 Å². The summed E-state index contributed by atoms with van der Waals surface area (Å²) in [5.41, 5.74) is 2.57. The number of hydrogen-bond acceptors (Lipinski definition) is 4. The highest BCUT2D eigenvalue weighted by atomic mass is 16.5. The fourth-order valence-corrected chi connectivity index (χ4v) is 2.00. The molecule has 0 aromatic heterocycles. The number of aromatic nitrogens is 3. The third-order valence-corrected chi connectivity index (χ3v) is 2.85. The highest BCUT2D eigenvalue weighted by Crippen LogP contribution is 2.17. The molecule has 86 valence electrons. The van der Waals surface area contributed by atoms with Crippen LogP contribution in [0, 0.1) is 17.6 Å². The average molecular weight is 229 g/mol. The monoisotopic (exact) mass is 229 g/mol. The molecule has 0 saturated carbocycles. The quantitative estimate of drug-likeness (QED) is 0.632. The standard InChI is InChI=1S/C12H11N3O2/c1-3-15-7(2)4-8-10(16)5-9-11(12(8)17-15)14-6-13-9/h4-6H,3H2,1-2H3. The Balaban J connectivity index is 2.60. The van der Waals surface area contributed by atoms with Crippen LogP contribution in [0.5, 0.6) is 0 Å². The van der Waals surface area contributed by atoms with E-state index in [2.05, 4.69) is 9.97 Å². The zero-order valence-corrected chi connectivity index (χ0v) is 9.60. The molecule has 0 unspecified atom stereocenters. The van der Waals surface area contributed by atoms with Crippen molar-refractivity contribution in [2.45, 2.75) is 20.4 Å². The van der Waals surface area contributed by atoms with Gasteiger partial charge in [0.15, 0.2) is 10.8 Å². The average Bonchev–Trinajstić information content (AvgIpc) is 2.77. The summed E-state index contributed by atoms with van der Waals surface area (Å²) in [7, 11) is 0. The first-order valence-electron chi connectivity index (χ1n) is 5.46. The minimum absolute atomic E-state index is 0.0805. The van der Waals surface area contributed by atoms with Crippen LogP contribution in [0.15, 0.2) is 27.8 Å². The van der Waals surface area contributed by atoms with Crippen molar-refractivity contribution in [3.63, 3.8) is 0 Å². The Kier molecular flexibility index (Phi) is 2.01. The van der Waals surface area contributed by atoms with E-state index < -0.39 is 0 Å². The van der Waals surface area contributed by atoms with E-state index >= 15 is 0 Å². The van der Waals surface area contributed by atoms with Crippen LogP contribution in [-0.4, -0.2) is 14.7 Å². The molecule has 1 aliphatic carbocycles. The zero-order valence-electron chi connectivity index (χ0n) is 9.60. The number of aryl methyl sites for hydroxylation is 2. The van der Waals surface area contributed by atoms with Crippen LogP contribution in [0.25, 0.3) is 11.4 Å². The van der Waals surface area contributed by atoms with Crippen LogP contribution in [0.4, 0.5) is 0 Å². The second-order valence-electron chi connectivity index (χ2n) is 3.93. The normalized spacial score (nSPS) is 11.4. The molecule has 0 amide bonds. The third kappa shape index (κ3) is 1.35. The second kappa shape index (κ2) is 3.41. The maximum atomic E-state index is 11.9. The van der Waals surface area contributed by atoms with Crippen molar-refractivity contribution in [2.75, 3.05) is 0 Å². The van der Waals surface area contributed by atoms with E-state index in [1.54, 1.807) is 4.74 Å². The van der Waals surface area contributed by atoms with Gasteiger partial charge in [0.05, 0.1) is 17.5 Å². The van der Waals surface area contributed by atoms with Crippen molar-refractivity contribution >= 4 is 0 Å². The molecule has 0 saturated heterocycles. The molecule has 3 rings (SSSR count). The summed E-state index contributed by atoms with van der Waals surface area (Å²) < 4.78 is 7.44.